The molecule has 11 heteroatoms. The summed E-state index contributed by atoms with van der Waals surface area (Å²) in [6, 6.07) is 0. The van der Waals surface area contributed by atoms with Crippen molar-refractivity contribution in [3.05, 3.63) is 16.6 Å². The summed E-state index contributed by atoms with van der Waals surface area (Å²) < 4.78 is 22.8. The van der Waals surface area contributed by atoms with Gasteiger partial charge < -0.3 is 19.1 Å². The minimum absolute atomic E-state index is 0.144. The normalized spacial score (nSPS) is 14.3. The number of aromatic amines is 1. The second-order valence-corrected chi connectivity index (χ2v) is 6.86. The molecule has 2 aromatic rings. The number of ether oxygens (including phenoxy) is 1. The summed E-state index contributed by atoms with van der Waals surface area (Å²) in [6.45, 7) is 2.23. The average Bonchev–Trinajstić information content (AvgIpc) is 2.87. The molecule has 2 heterocycles. The Bertz CT molecular complexity index is 746. The van der Waals surface area contributed by atoms with E-state index in [-0.39, 0.29) is 25.1 Å². The highest BCUT2D eigenvalue weighted by molar-refractivity contribution is 7.98. The van der Waals surface area contributed by atoms with Crippen LogP contribution in [0.3, 0.4) is 0 Å². The Labute approximate surface area is 130 Å². The molecule has 0 aliphatic carbocycles. The summed E-state index contributed by atoms with van der Waals surface area (Å²) in [5.41, 5.74) is 0.200. The van der Waals surface area contributed by atoms with Crippen molar-refractivity contribution in [3.63, 3.8) is 0 Å². The first kappa shape index (κ1) is 17.2. The van der Waals surface area contributed by atoms with Gasteiger partial charge in [-0.05, 0) is 13.2 Å². The zero-order valence-corrected chi connectivity index (χ0v) is 13.9. The van der Waals surface area contributed by atoms with Crippen molar-refractivity contribution in [2.45, 2.75) is 18.6 Å². The Hall–Kier alpha value is -1.19. The minimum Gasteiger partial charge on any atom is -0.367 e. The molecule has 0 saturated heterocycles. The number of nitrogens with zero attached hydrogens (tertiary/aromatic N) is 3. The third kappa shape index (κ3) is 4.17. The molecule has 2 rings (SSSR count). The fourth-order valence-electron chi connectivity index (χ4n) is 1.78. The van der Waals surface area contributed by atoms with Gasteiger partial charge in [-0.15, -0.1) is 0 Å². The van der Waals surface area contributed by atoms with Gasteiger partial charge in [-0.3, -0.25) is 9.36 Å². The van der Waals surface area contributed by atoms with Gasteiger partial charge in [0.25, 0.3) is 5.56 Å². The van der Waals surface area contributed by atoms with Gasteiger partial charge in [-0.1, -0.05) is 11.8 Å². The zero-order valence-electron chi connectivity index (χ0n) is 12.2. The van der Waals surface area contributed by atoms with E-state index < -0.39 is 7.60 Å². The van der Waals surface area contributed by atoms with Gasteiger partial charge in [0, 0.05) is 0 Å². The predicted octanol–water partition coefficient (Wildman–Crippen LogP) is 1.04. The monoisotopic (exact) mass is 348 g/mol. The van der Waals surface area contributed by atoms with Crippen molar-refractivity contribution in [3.8, 4) is 0 Å². The second kappa shape index (κ2) is 7.38. The Balaban J connectivity index is 2.02. The molecule has 1 atom stereocenters. The largest absolute Gasteiger partial charge is 0.367 e. The van der Waals surface area contributed by atoms with Crippen LogP contribution in [-0.2, 0) is 20.4 Å². The van der Waals surface area contributed by atoms with Crippen molar-refractivity contribution in [2.24, 2.45) is 0 Å². The van der Waals surface area contributed by atoms with E-state index in [1.54, 1.807) is 13.2 Å². The van der Waals surface area contributed by atoms with Crippen LogP contribution in [0.15, 0.2) is 16.1 Å². The lowest BCUT2D eigenvalue weighted by Gasteiger charge is -2.11. The van der Waals surface area contributed by atoms with Crippen LogP contribution in [0.1, 0.15) is 6.92 Å². The van der Waals surface area contributed by atoms with Crippen molar-refractivity contribution < 1.29 is 18.7 Å². The zero-order chi connectivity index (χ0) is 16.2. The molecule has 0 spiro atoms. The van der Waals surface area contributed by atoms with Crippen LogP contribution in [0.25, 0.3) is 11.0 Å². The van der Waals surface area contributed by atoms with Crippen LogP contribution < -0.4 is 5.56 Å². The molecular weight excluding hydrogens is 331 g/mol. The van der Waals surface area contributed by atoms with Crippen molar-refractivity contribution in [2.75, 3.05) is 25.8 Å². The lowest BCUT2D eigenvalue weighted by molar-refractivity contribution is 0.137. The molecule has 0 aliphatic heterocycles. The Kier molecular flexibility index (Phi) is 5.76. The fourth-order valence-corrected chi connectivity index (χ4v) is 2.99. The molecule has 9 nitrogen and oxygen atoms in total. The van der Waals surface area contributed by atoms with Crippen molar-refractivity contribution >= 4 is 30.4 Å². The van der Waals surface area contributed by atoms with E-state index in [1.807, 2.05) is 0 Å². The fraction of sp³-hybridized carbons (Fsp3) is 0.545. The summed E-state index contributed by atoms with van der Waals surface area (Å²) >= 11 is 1.32. The van der Waals surface area contributed by atoms with Crippen molar-refractivity contribution in [1.29, 1.82) is 0 Å². The van der Waals surface area contributed by atoms with Crippen LogP contribution in [0.2, 0.25) is 0 Å². The van der Waals surface area contributed by atoms with E-state index >= 15 is 0 Å². The number of fused-ring (bicyclic) bond motifs is 1. The standard InChI is InChI=1S/C11H17N4O5PS/c1-3-20-21(17,18)7-19-5-4-15-9-8(6-12-15)10(16)14-11(13-9)22-2/h6H,3-5,7H2,1-2H3,(H,17,18)(H,13,14,16). The maximum atomic E-state index is 11.8. The van der Waals surface area contributed by atoms with Gasteiger partial charge in [0.2, 0.25) is 0 Å². The first-order valence-corrected chi connectivity index (χ1v) is 9.49. The van der Waals surface area contributed by atoms with E-state index in [1.165, 1.54) is 22.6 Å². The molecule has 0 aliphatic rings. The molecule has 1 unspecified atom stereocenters. The molecule has 2 aromatic heterocycles. The smallest absolute Gasteiger partial charge is 0.353 e. The number of rotatable bonds is 8. The van der Waals surface area contributed by atoms with E-state index in [2.05, 4.69) is 19.6 Å². The third-order valence-electron chi connectivity index (χ3n) is 2.71. The molecule has 2 N–H and O–H groups in total. The molecule has 0 radical (unpaired) electrons. The highest BCUT2D eigenvalue weighted by atomic mass is 32.2. The summed E-state index contributed by atoms with van der Waals surface area (Å²) in [7, 11) is -3.69. The van der Waals surface area contributed by atoms with Crippen LogP contribution in [0.4, 0.5) is 0 Å². The highest BCUT2D eigenvalue weighted by Gasteiger charge is 2.18. The topological polar surface area (TPSA) is 119 Å². The number of hydrogen-bond donors (Lipinski definition) is 2. The van der Waals surface area contributed by atoms with E-state index in [4.69, 9.17) is 4.74 Å². The summed E-state index contributed by atoms with van der Waals surface area (Å²) in [6.07, 6.45) is 2.85. The maximum Gasteiger partial charge on any atom is 0.353 e. The quantitative estimate of drug-likeness (QED) is 0.314. The maximum absolute atomic E-state index is 11.8. The molecule has 0 saturated carbocycles. The second-order valence-electron chi connectivity index (χ2n) is 4.27. The third-order valence-corrected chi connectivity index (χ3v) is 4.46. The first-order chi connectivity index (χ1) is 10.5. The average molecular weight is 348 g/mol. The van der Waals surface area contributed by atoms with Crippen LogP contribution in [0, 0.1) is 0 Å². The minimum atomic E-state index is -3.69. The van der Waals surface area contributed by atoms with E-state index in [0.717, 1.165) is 0 Å². The Morgan fingerprint density at radius 1 is 1.55 bits per heavy atom. The summed E-state index contributed by atoms with van der Waals surface area (Å²) in [5, 5.41) is 4.97. The SMILES string of the molecule is CCOP(=O)(O)COCCn1ncc2c(=O)[nH]c(SC)nc21. The lowest BCUT2D eigenvalue weighted by atomic mass is 10.4. The van der Waals surface area contributed by atoms with E-state index in [0.29, 0.717) is 22.7 Å². The number of nitrogens with one attached hydrogen (secondary N) is 1. The number of hydrogen-bond acceptors (Lipinski definition) is 7. The highest BCUT2D eigenvalue weighted by Crippen LogP contribution is 2.41. The molecule has 0 fully saturated rings. The van der Waals surface area contributed by atoms with Crippen molar-refractivity contribution in [1.82, 2.24) is 19.7 Å². The molecule has 22 heavy (non-hydrogen) atoms. The van der Waals surface area contributed by atoms with Gasteiger partial charge in [0.15, 0.2) is 10.8 Å². The number of thioether (sulfide) groups is 1. The van der Waals surface area contributed by atoms with Gasteiger partial charge in [0.05, 0.1) is 26.0 Å². The first-order valence-electron chi connectivity index (χ1n) is 6.50. The van der Waals surface area contributed by atoms with Gasteiger partial charge in [-0.25, -0.2) is 9.67 Å². The number of H-pyrrole nitrogens is 1. The summed E-state index contributed by atoms with van der Waals surface area (Å²) in [4.78, 5) is 28.1. The molecule has 0 aromatic carbocycles. The predicted molar refractivity (Wildman–Crippen MR) is 82.2 cm³/mol. The summed E-state index contributed by atoms with van der Waals surface area (Å²) in [5.74, 6) is 0. The Morgan fingerprint density at radius 2 is 2.32 bits per heavy atom. The van der Waals surface area contributed by atoms with Gasteiger partial charge >= 0.3 is 7.60 Å². The Morgan fingerprint density at radius 3 is 3.00 bits per heavy atom. The van der Waals surface area contributed by atoms with Gasteiger partial charge in [0.1, 0.15) is 11.7 Å². The molecule has 0 amide bonds. The van der Waals surface area contributed by atoms with E-state index in [9.17, 15) is 14.3 Å². The van der Waals surface area contributed by atoms with Crippen LogP contribution in [-0.4, -0.2) is 50.5 Å². The molecule has 0 bridgehead atoms. The number of aromatic nitrogens is 4. The van der Waals surface area contributed by atoms with Gasteiger partial charge in [-0.2, -0.15) is 5.10 Å². The van der Waals surface area contributed by atoms with Crippen LogP contribution in [0.5, 0.6) is 0 Å². The lowest BCUT2D eigenvalue weighted by Crippen LogP contribution is -2.12. The molecular formula is C11H17N4O5PS. The molecule has 122 valence electrons. The van der Waals surface area contributed by atoms with Crippen LogP contribution >= 0.6 is 19.4 Å².